The van der Waals surface area contributed by atoms with E-state index >= 15 is 0 Å². The van der Waals surface area contributed by atoms with E-state index in [0.717, 1.165) is 93.0 Å². The van der Waals surface area contributed by atoms with Crippen LogP contribution in [0.1, 0.15) is 87.9 Å². The molecule has 4 aliphatic carbocycles. The molecule has 4 saturated carbocycles. The Hall–Kier alpha value is -2.04. The van der Waals surface area contributed by atoms with E-state index in [1.807, 2.05) is 17.0 Å². The number of carbonyl (C=O) groups excluding carboxylic acids is 2. The zero-order valence-corrected chi connectivity index (χ0v) is 20.9. The van der Waals surface area contributed by atoms with Crippen LogP contribution < -0.4 is 10.2 Å². The number of hydrogen-bond acceptors (Lipinski definition) is 3. The molecule has 0 aromatic heterocycles. The summed E-state index contributed by atoms with van der Waals surface area (Å²) in [5, 5.41) is 3.31. The SMILES string of the molecule is CC1CCN(C(=O)c2cc(NC(=O)C34CC5CC(CC(C5)C3)C4)ccc2N2CCCCC2)CC1. The van der Waals surface area contributed by atoms with E-state index in [2.05, 4.69) is 23.2 Å². The number of anilines is 2. The Morgan fingerprint density at radius 2 is 1.50 bits per heavy atom. The largest absolute Gasteiger partial charge is 0.371 e. The summed E-state index contributed by atoms with van der Waals surface area (Å²) in [5.74, 6) is 3.28. The first-order valence-corrected chi connectivity index (χ1v) is 14.0. The van der Waals surface area contributed by atoms with Gasteiger partial charge in [-0.2, -0.15) is 0 Å². The number of piperidine rings is 2. The molecule has 1 aromatic rings. The van der Waals surface area contributed by atoms with Crippen molar-refractivity contribution in [3.63, 3.8) is 0 Å². The molecular formula is C29H41N3O2. The molecule has 0 unspecified atom stereocenters. The van der Waals surface area contributed by atoms with Crippen molar-refractivity contribution in [3.05, 3.63) is 23.8 Å². The molecule has 184 valence electrons. The monoisotopic (exact) mass is 463 g/mol. The van der Waals surface area contributed by atoms with E-state index < -0.39 is 0 Å². The number of amides is 2. The van der Waals surface area contributed by atoms with Gasteiger partial charge in [-0.15, -0.1) is 0 Å². The lowest BCUT2D eigenvalue weighted by Crippen LogP contribution is -2.51. The highest BCUT2D eigenvalue weighted by atomic mass is 16.2. The maximum Gasteiger partial charge on any atom is 0.256 e. The van der Waals surface area contributed by atoms with Crippen molar-refractivity contribution in [2.75, 3.05) is 36.4 Å². The minimum Gasteiger partial charge on any atom is -0.371 e. The molecule has 2 saturated heterocycles. The molecule has 2 aliphatic heterocycles. The number of hydrogen-bond donors (Lipinski definition) is 1. The number of likely N-dealkylation sites (tertiary alicyclic amines) is 1. The Morgan fingerprint density at radius 3 is 2.12 bits per heavy atom. The van der Waals surface area contributed by atoms with Gasteiger partial charge >= 0.3 is 0 Å². The van der Waals surface area contributed by atoms with Gasteiger partial charge in [0.25, 0.3) is 5.91 Å². The van der Waals surface area contributed by atoms with Gasteiger partial charge in [-0.25, -0.2) is 0 Å². The molecule has 6 fully saturated rings. The summed E-state index contributed by atoms with van der Waals surface area (Å²) in [7, 11) is 0. The number of benzene rings is 1. The van der Waals surface area contributed by atoms with E-state index in [-0.39, 0.29) is 17.2 Å². The molecule has 34 heavy (non-hydrogen) atoms. The van der Waals surface area contributed by atoms with E-state index in [1.54, 1.807) is 0 Å². The molecule has 0 spiro atoms. The van der Waals surface area contributed by atoms with Gasteiger partial charge in [-0.1, -0.05) is 6.92 Å². The van der Waals surface area contributed by atoms with Crippen molar-refractivity contribution in [2.24, 2.45) is 29.1 Å². The Balaban J connectivity index is 1.26. The summed E-state index contributed by atoms with van der Waals surface area (Å²) >= 11 is 0. The highest BCUT2D eigenvalue weighted by molar-refractivity contribution is 6.03. The van der Waals surface area contributed by atoms with E-state index in [0.29, 0.717) is 5.92 Å². The zero-order chi connectivity index (χ0) is 23.3. The van der Waals surface area contributed by atoms with Gasteiger partial charge in [-0.3, -0.25) is 9.59 Å². The molecule has 4 bridgehead atoms. The smallest absolute Gasteiger partial charge is 0.256 e. The Kier molecular flexibility index (Phi) is 5.85. The molecule has 1 aromatic carbocycles. The van der Waals surface area contributed by atoms with Crippen LogP contribution in [0.3, 0.4) is 0 Å². The molecule has 1 N–H and O–H groups in total. The number of nitrogens with zero attached hydrogens (tertiary/aromatic N) is 2. The lowest BCUT2D eigenvalue weighted by atomic mass is 9.49. The first-order chi connectivity index (χ1) is 16.5. The second-order valence-electron chi connectivity index (χ2n) is 12.4. The number of rotatable bonds is 4. The lowest BCUT2D eigenvalue weighted by molar-refractivity contribution is -0.140. The average molecular weight is 464 g/mol. The molecule has 2 amide bonds. The maximum atomic E-state index is 13.7. The van der Waals surface area contributed by atoms with Gasteiger partial charge in [0.05, 0.1) is 11.0 Å². The molecule has 7 rings (SSSR count). The molecule has 0 radical (unpaired) electrons. The van der Waals surface area contributed by atoms with Gasteiger partial charge in [0.2, 0.25) is 5.91 Å². The first-order valence-electron chi connectivity index (χ1n) is 14.0. The van der Waals surface area contributed by atoms with E-state index in [9.17, 15) is 9.59 Å². The summed E-state index contributed by atoms with van der Waals surface area (Å²) < 4.78 is 0. The molecule has 0 atom stereocenters. The van der Waals surface area contributed by atoms with Crippen molar-refractivity contribution in [1.82, 2.24) is 4.90 Å². The topological polar surface area (TPSA) is 52.7 Å². The number of carbonyl (C=O) groups is 2. The molecule has 2 heterocycles. The van der Waals surface area contributed by atoms with Crippen LogP contribution in [-0.2, 0) is 4.79 Å². The number of nitrogens with one attached hydrogen (secondary N) is 1. The maximum absolute atomic E-state index is 13.7. The third-order valence-corrected chi connectivity index (χ3v) is 9.77. The van der Waals surface area contributed by atoms with Crippen LogP contribution in [0.5, 0.6) is 0 Å². The fourth-order valence-electron chi connectivity index (χ4n) is 8.23. The summed E-state index contributed by atoms with van der Waals surface area (Å²) in [4.78, 5) is 31.8. The van der Waals surface area contributed by atoms with Crippen LogP contribution in [0, 0.1) is 29.1 Å². The molecule has 5 nitrogen and oxygen atoms in total. The van der Waals surface area contributed by atoms with Gasteiger partial charge < -0.3 is 15.1 Å². The summed E-state index contributed by atoms with van der Waals surface area (Å²) in [6.07, 6.45) is 13.0. The van der Waals surface area contributed by atoms with Crippen LogP contribution >= 0.6 is 0 Å². The lowest BCUT2D eigenvalue weighted by Gasteiger charge is -2.55. The highest BCUT2D eigenvalue weighted by Gasteiger charge is 2.54. The van der Waals surface area contributed by atoms with Crippen molar-refractivity contribution in [1.29, 1.82) is 0 Å². The van der Waals surface area contributed by atoms with Crippen molar-refractivity contribution in [2.45, 2.75) is 77.6 Å². The summed E-state index contributed by atoms with van der Waals surface area (Å²) in [6, 6.07) is 6.13. The van der Waals surface area contributed by atoms with Gasteiger partial charge in [0, 0.05) is 37.6 Å². The van der Waals surface area contributed by atoms with Crippen LogP contribution in [0.25, 0.3) is 0 Å². The first kappa shape index (κ1) is 22.4. The van der Waals surface area contributed by atoms with Crippen molar-refractivity contribution < 1.29 is 9.59 Å². The van der Waals surface area contributed by atoms with Crippen molar-refractivity contribution in [3.8, 4) is 0 Å². The Bertz CT molecular complexity index is 907. The summed E-state index contributed by atoms with van der Waals surface area (Å²) in [6.45, 7) is 5.97. The second kappa shape index (κ2) is 8.87. The minimum atomic E-state index is -0.173. The zero-order valence-electron chi connectivity index (χ0n) is 20.9. The van der Waals surface area contributed by atoms with Crippen LogP contribution in [0.15, 0.2) is 18.2 Å². The Labute approximate surface area is 204 Å². The quantitative estimate of drug-likeness (QED) is 0.623. The fourth-order valence-corrected chi connectivity index (χ4v) is 8.23. The van der Waals surface area contributed by atoms with Crippen LogP contribution in [0.4, 0.5) is 11.4 Å². The highest BCUT2D eigenvalue weighted by Crippen LogP contribution is 2.60. The predicted octanol–water partition coefficient (Wildman–Crippen LogP) is 5.70. The standard InChI is InChI=1S/C29H41N3O2/c1-20-7-11-32(12-8-20)27(33)25-16-24(5-6-26(25)31-9-3-2-4-10-31)30-28(34)29-17-21-13-22(18-29)15-23(14-21)19-29/h5-6,16,20-23H,2-4,7-15,17-19H2,1H3,(H,30,34). The van der Waals surface area contributed by atoms with Crippen molar-refractivity contribution >= 4 is 23.2 Å². The molecule has 6 aliphatic rings. The predicted molar refractivity (Wildman–Crippen MR) is 136 cm³/mol. The average Bonchev–Trinajstić information content (AvgIpc) is 2.84. The van der Waals surface area contributed by atoms with E-state index in [4.69, 9.17) is 0 Å². The Morgan fingerprint density at radius 1 is 0.882 bits per heavy atom. The second-order valence-corrected chi connectivity index (χ2v) is 12.4. The van der Waals surface area contributed by atoms with E-state index in [1.165, 1.54) is 38.5 Å². The molecule has 5 heteroatoms. The normalized spacial score (nSPS) is 33.3. The third kappa shape index (κ3) is 4.13. The fraction of sp³-hybridized carbons (Fsp3) is 0.724. The van der Waals surface area contributed by atoms with Crippen LogP contribution in [0.2, 0.25) is 0 Å². The van der Waals surface area contributed by atoms with Gasteiger partial charge in [0.1, 0.15) is 0 Å². The van der Waals surface area contributed by atoms with Gasteiger partial charge in [0.15, 0.2) is 0 Å². The third-order valence-electron chi connectivity index (χ3n) is 9.77. The van der Waals surface area contributed by atoms with Crippen LogP contribution in [-0.4, -0.2) is 42.9 Å². The summed E-state index contributed by atoms with van der Waals surface area (Å²) in [5.41, 5.74) is 2.46. The minimum absolute atomic E-state index is 0.137. The molecular weight excluding hydrogens is 422 g/mol. The van der Waals surface area contributed by atoms with Gasteiger partial charge in [-0.05, 0) is 112 Å².